The summed E-state index contributed by atoms with van der Waals surface area (Å²) in [5.74, 6) is 0.719. The minimum Gasteiger partial charge on any atom is -0.497 e. The fourth-order valence-corrected chi connectivity index (χ4v) is 6.33. The Labute approximate surface area is 255 Å². The number of methoxy groups -OCH3 is 1. The van der Waals surface area contributed by atoms with Crippen LogP contribution in [0, 0.1) is 5.82 Å². The molecule has 0 radical (unpaired) electrons. The average Bonchev–Trinajstić information content (AvgIpc) is 3.29. The predicted molar refractivity (Wildman–Crippen MR) is 163 cm³/mol. The number of aromatic nitrogens is 2. The molecule has 12 heteroatoms. The molecule has 1 aromatic heterocycles. The van der Waals surface area contributed by atoms with Gasteiger partial charge in [0.05, 0.1) is 24.2 Å². The highest BCUT2D eigenvalue weighted by atomic mass is 35.5. The van der Waals surface area contributed by atoms with Gasteiger partial charge >= 0.3 is 0 Å². The Bertz CT molecular complexity index is 1640. The zero-order valence-electron chi connectivity index (χ0n) is 23.6. The molecule has 1 aliphatic rings. The molecule has 0 atom stereocenters. The van der Waals surface area contributed by atoms with Gasteiger partial charge in [-0.1, -0.05) is 23.7 Å². The maximum absolute atomic E-state index is 13.6. The summed E-state index contributed by atoms with van der Waals surface area (Å²) in [4.78, 5) is 17.3. The average molecular weight is 624 g/mol. The van der Waals surface area contributed by atoms with E-state index in [0.717, 1.165) is 21.3 Å². The topological polar surface area (TPSA) is 95.9 Å². The van der Waals surface area contributed by atoms with Crippen molar-refractivity contribution in [3.8, 4) is 17.0 Å². The summed E-state index contributed by atoms with van der Waals surface area (Å²) in [5, 5.41) is 9.21. The van der Waals surface area contributed by atoms with Crippen molar-refractivity contribution in [2.24, 2.45) is 0 Å². The molecule has 0 aliphatic carbocycles. The number of amides is 1. The van der Waals surface area contributed by atoms with E-state index in [-0.39, 0.29) is 23.9 Å². The van der Waals surface area contributed by atoms with Gasteiger partial charge in [-0.05, 0) is 84.8 Å². The highest BCUT2D eigenvalue weighted by Gasteiger charge is 2.30. The van der Waals surface area contributed by atoms with Crippen LogP contribution in [-0.4, -0.2) is 73.6 Å². The molecule has 224 valence electrons. The summed E-state index contributed by atoms with van der Waals surface area (Å²) in [6.45, 7) is 1.60. The molecule has 1 fully saturated rings. The maximum atomic E-state index is 13.6. The van der Waals surface area contributed by atoms with Gasteiger partial charge in [-0.3, -0.25) is 4.79 Å². The van der Waals surface area contributed by atoms with Crippen LogP contribution in [0.25, 0.3) is 11.3 Å². The second-order valence-electron chi connectivity index (χ2n) is 10.1. The molecule has 0 spiro atoms. The Hall–Kier alpha value is -4.06. The minimum absolute atomic E-state index is 0.0190. The molecule has 1 saturated heterocycles. The van der Waals surface area contributed by atoms with Crippen molar-refractivity contribution in [3.63, 3.8) is 0 Å². The van der Waals surface area contributed by atoms with Crippen molar-refractivity contribution in [3.05, 3.63) is 101 Å². The summed E-state index contributed by atoms with van der Waals surface area (Å²) in [6.07, 6.45) is 0.676. The predicted octanol–water partition coefficient (Wildman–Crippen LogP) is 4.87. The number of halogens is 2. The van der Waals surface area contributed by atoms with E-state index < -0.39 is 15.8 Å². The molecule has 9 nitrogen and oxygen atoms in total. The number of anilines is 1. The molecule has 0 saturated carbocycles. The molecular weight excluding hydrogens is 593 g/mol. The number of ether oxygens (including phenoxy) is 1. The number of carbonyl (C=O) groups excluding carboxylic acids is 1. The van der Waals surface area contributed by atoms with Gasteiger partial charge in [-0.15, -0.1) is 10.2 Å². The molecule has 2 heterocycles. The van der Waals surface area contributed by atoms with E-state index in [9.17, 15) is 17.6 Å². The van der Waals surface area contributed by atoms with Gasteiger partial charge in [-0.25, -0.2) is 12.8 Å². The number of sulfonamides is 1. The summed E-state index contributed by atoms with van der Waals surface area (Å²) in [5.41, 5.74) is 2.22. The van der Waals surface area contributed by atoms with Crippen LogP contribution in [0.15, 0.2) is 89.8 Å². The molecule has 0 bridgehead atoms. The van der Waals surface area contributed by atoms with Gasteiger partial charge in [0.15, 0.2) is 5.82 Å². The van der Waals surface area contributed by atoms with Crippen LogP contribution in [0.1, 0.15) is 12.0 Å². The van der Waals surface area contributed by atoms with Crippen molar-refractivity contribution in [1.82, 2.24) is 19.4 Å². The Morgan fingerprint density at radius 3 is 2.28 bits per heavy atom. The first-order chi connectivity index (χ1) is 20.7. The molecule has 5 rings (SSSR count). The molecule has 1 aliphatic heterocycles. The number of rotatable bonds is 9. The van der Waals surface area contributed by atoms with E-state index in [1.807, 2.05) is 36.4 Å². The van der Waals surface area contributed by atoms with Crippen LogP contribution in [0.2, 0.25) is 5.02 Å². The van der Waals surface area contributed by atoms with Gasteiger partial charge in [-0.2, -0.15) is 4.31 Å². The Morgan fingerprint density at radius 2 is 1.63 bits per heavy atom. The second kappa shape index (κ2) is 13.5. The first kappa shape index (κ1) is 30.4. The highest BCUT2D eigenvalue weighted by molar-refractivity contribution is 7.89. The van der Waals surface area contributed by atoms with E-state index in [0.29, 0.717) is 49.0 Å². The van der Waals surface area contributed by atoms with E-state index in [4.69, 9.17) is 16.3 Å². The number of hydrogen-bond donors (Lipinski definition) is 0. The lowest BCUT2D eigenvalue weighted by molar-refractivity contribution is -0.131. The maximum Gasteiger partial charge on any atom is 0.243 e. The number of nitrogens with zero attached hydrogens (tertiary/aromatic N) is 5. The van der Waals surface area contributed by atoms with E-state index in [1.165, 1.54) is 48.5 Å². The summed E-state index contributed by atoms with van der Waals surface area (Å²) >= 11 is 5.97. The SMILES string of the molecule is COc1ccc(-c2ccc(N3CCCN(C(=O)CN(Cc4ccc(F)cc4)S(=O)(=O)c4ccc(Cl)cc4)CC3)nn2)cc1. The highest BCUT2D eigenvalue weighted by Crippen LogP contribution is 2.24. The zero-order chi connectivity index (χ0) is 30.4. The lowest BCUT2D eigenvalue weighted by Gasteiger charge is -2.27. The molecule has 3 aromatic carbocycles. The minimum atomic E-state index is -4.06. The fraction of sp³-hybridized carbons (Fsp3) is 0.258. The van der Waals surface area contributed by atoms with Crippen LogP contribution in [0.5, 0.6) is 5.75 Å². The molecule has 43 heavy (non-hydrogen) atoms. The third-order valence-corrected chi connectivity index (χ3v) is 9.30. The molecule has 0 N–H and O–H groups in total. The standard InChI is InChI=1S/C31H31ClFN5O4S/c1-42-27-11-5-24(6-12-27)29-15-16-30(35-34-29)36-17-2-18-37(20-19-36)31(39)22-38(21-23-3-9-26(33)10-4-23)43(40,41)28-13-7-25(32)8-14-28/h3-16H,2,17-22H2,1H3. The van der Waals surface area contributed by atoms with Crippen LogP contribution in [0.4, 0.5) is 10.2 Å². The van der Waals surface area contributed by atoms with Crippen LogP contribution in [0.3, 0.4) is 0 Å². The molecular formula is C31H31ClFN5O4S. The lowest BCUT2D eigenvalue weighted by atomic mass is 10.1. The van der Waals surface area contributed by atoms with Gasteiger partial charge < -0.3 is 14.5 Å². The van der Waals surface area contributed by atoms with Gasteiger partial charge in [0.2, 0.25) is 15.9 Å². The number of carbonyl (C=O) groups is 1. The van der Waals surface area contributed by atoms with Gasteiger partial charge in [0, 0.05) is 43.3 Å². The zero-order valence-corrected chi connectivity index (χ0v) is 25.1. The van der Waals surface area contributed by atoms with Crippen molar-refractivity contribution in [2.75, 3.05) is 44.7 Å². The van der Waals surface area contributed by atoms with Gasteiger partial charge in [0.1, 0.15) is 11.6 Å². The first-order valence-corrected chi connectivity index (χ1v) is 15.6. The quantitative estimate of drug-likeness (QED) is 0.262. The van der Waals surface area contributed by atoms with Crippen LogP contribution < -0.4 is 9.64 Å². The fourth-order valence-electron chi connectivity index (χ4n) is 4.83. The molecule has 4 aromatic rings. The van der Waals surface area contributed by atoms with Crippen molar-refractivity contribution in [2.45, 2.75) is 17.9 Å². The summed E-state index contributed by atoms with van der Waals surface area (Å²) < 4.78 is 47.1. The Balaban J connectivity index is 1.27. The Kier molecular flexibility index (Phi) is 9.54. The van der Waals surface area contributed by atoms with E-state index >= 15 is 0 Å². The van der Waals surface area contributed by atoms with E-state index in [1.54, 1.807) is 12.0 Å². The largest absolute Gasteiger partial charge is 0.497 e. The first-order valence-electron chi connectivity index (χ1n) is 13.7. The monoisotopic (exact) mass is 623 g/mol. The molecule has 1 amide bonds. The van der Waals surface area contributed by atoms with Crippen molar-refractivity contribution < 1.29 is 22.3 Å². The number of benzene rings is 3. The molecule has 0 unspecified atom stereocenters. The van der Waals surface area contributed by atoms with Crippen molar-refractivity contribution >= 4 is 33.3 Å². The second-order valence-corrected chi connectivity index (χ2v) is 12.5. The third-order valence-electron chi connectivity index (χ3n) is 7.24. The Morgan fingerprint density at radius 1 is 0.907 bits per heavy atom. The van der Waals surface area contributed by atoms with Gasteiger partial charge in [0.25, 0.3) is 0 Å². The third kappa shape index (κ3) is 7.48. The van der Waals surface area contributed by atoms with Crippen LogP contribution in [-0.2, 0) is 21.4 Å². The normalized spacial score (nSPS) is 14.0. The summed E-state index contributed by atoms with van der Waals surface area (Å²) in [6, 6.07) is 22.7. The van der Waals surface area contributed by atoms with Crippen LogP contribution >= 0.6 is 11.6 Å². The van der Waals surface area contributed by atoms with E-state index in [2.05, 4.69) is 15.1 Å². The lowest BCUT2D eigenvalue weighted by Crippen LogP contribution is -2.44. The number of hydrogen-bond acceptors (Lipinski definition) is 7. The smallest absolute Gasteiger partial charge is 0.243 e. The van der Waals surface area contributed by atoms with Crippen molar-refractivity contribution in [1.29, 1.82) is 0 Å². The summed E-state index contributed by atoms with van der Waals surface area (Å²) in [7, 11) is -2.44.